The van der Waals surface area contributed by atoms with Gasteiger partial charge in [0.05, 0.1) is 22.4 Å². The van der Waals surface area contributed by atoms with Crippen molar-refractivity contribution < 1.29 is 0 Å². The van der Waals surface area contributed by atoms with Crippen LogP contribution >= 0.6 is 0 Å². The Balaban J connectivity index is 1.25. The fourth-order valence-electron chi connectivity index (χ4n) is 8.79. The van der Waals surface area contributed by atoms with Crippen LogP contribution < -0.4 is 0 Å². The SMILES string of the molecule is CC1(C)c2ccccc2-c2c1ccc1c2c2ccccc2n1-c1cccc(-c2nc(-c3ccccc3)nc3c2-c2ccccc2C3(C)C)c1. The molecule has 10 rings (SSSR count). The second-order valence-corrected chi connectivity index (χ2v) is 14.6. The van der Waals surface area contributed by atoms with Gasteiger partial charge in [-0.05, 0) is 57.6 Å². The van der Waals surface area contributed by atoms with Crippen molar-refractivity contribution >= 4 is 21.8 Å². The van der Waals surface area contributed by atoms with Gasteiger partial charge in [-0.2, -0.15) is 0 Å². The van der Waals surface area contributed by atoms with Crippen molar-refractivity contribution in [3.05, 3.63) is 162 Å². The predicted molar refractivity (Wildman–Crippen MR) is 202 cm³/mol. The number of para-hydroxylation sites is 1. The summed E-state index contributed by atoms with van der Waals surface area (Å²) in [4.78, 5) is 10.6. The van der Waals surface area contributed by atoms with Crippen LogP contribution in [-0.4, -0.2) is 14.5 Å². The van der Waals surface area contributed by atoms with Gasteiger partial charge in [0.2, 0.25) is 0 Å². The van der Waals surface area contributed by atoms with Crippen molar-refractivity contribution in [1.82, 2.24) is 14.5 Å². The number of nitrogens with zero attached hydrogens (tertiary/aromatic N) is 3. The van der Waals surface area contributed by atoms with Crippen LogP contribution in [0.4, 0.5) is 0 Å². The van der Waals surface area contributed by atoms with Gasteiger partial charge in [0, 0.05) is 44.0 Å². The van der Waals surface area contributed by atoms with Gasteiger partial charge in [-0.1, -0.05) is 143 Å². The minimum absolute atomic E-state index is 0.0584. The van der Waals surface area contributed by atoms with E-state index < -0.39 is 0 Å². The first kappa shape index (κ1) is 28.2. The molecule has 2 aromatic heterocycles. The topological polar surface area (TPSA) is 30.7 Å². The summed E-state index contributed by atoms with van der Waals surface area (Å²) in [5.41, 5.74) is 16.5. The Bertz CT molecular complexity index is 2660. The molecule has 6 aromatic carbocycles. The van der Waals surface area contributed by atoms with Gasteiger partial charge in [-0.25, -0.2) is 9.97 Å². The van der Waals surface area contributed by atoms with E-state index in [0.29, 0.717) is 0 Å². The monoisotopic (exact) mass is 629 g/mol. The first-order chi connectivity index (χ1) is 23.8. The molecule has 0 bridgehead atoms. The fourth-order valence-corrected chi connectivity index (χ4v) is 8.79. The molecule has 0 radical (unpaired) electrons. The van der Waals surface area contributed by atoms with E-state index in [-0.39, 0.29) is 10.8 Å². The molecule has 3 heteroatoms. The predicted octanol–water partition coefficient (Wildman–Crippen LogP) is 11.5. The van der Waals surface area contributed by atoms with E-state index in [1.807, 2.05) is 6.07 Å². The van der Waals surface area contributed by atoms with Crippen molar-refractivity contribution in [1.29, 1.82) is 0 Å². The van der Waals surface area contributed by atoms with Gasteiger partial charge in [0.1, 0.15) is 0 Å². The lowest BCUT2D eigenvalue weighted by atomic mass is 9.82. The zero-order valence-corrected chi connectivity index (χ0v) is 28.1. The molecular formula is C46H35N3. The fraction of sp³-hybridized carbons (Fsp3) is 0.130. The third kappa shape index (κ3) is 3.79. The maximum absolute atomic E-state index is 5.36. The molecule has 0 spiro atoms. The lowest BCUT2D eigenvalue weighted by molar-refractivity contribution is 0.636. The Morgan fingerprint density at radius 1 is 0.490 bits per heavy atom. The second kappa shape index (κ2) is 9.87. The number of hydrogen-bond donors (Lipinski definition) is 0. The maximum atomic E-state index is 5.36. The summed E-state index contributed by atoms with van der Waals surface area (Å²) in [6.07, 6.45) is 0. The van der Waals surface area contributed by atoms with Crippen molar-refractivity contribution in [2.45, 2.75) is 38.5 Å². The summed E-state index contributed by atoms with van der Waals surface area (Å²) < 4.78 is 2.44. The second-order valence-electron chi connectivity index (χ2n) is 14.6. The Labute approximate surface area is 286 Å². The van der Waals surface area contributed by atoms with Gasteiger partial charge in [0.25, 0.3) is 0 Å². The quantitative estimate of drug-likeness (QED) is 0.195. The molecule has 2 aliphatic carbocycles. The lowest BCUT2D eigenvalue weighted by Gasteiger charge is -2.21. The van der Waals surface area contributed by atoms with E-state index in [1.54, 1.807) is 0 Å². The number of fused-ring (bicyclic) bond motifs is 10. The molecule has 0 atom stereocenters. The summed E-state index contributed by atoms with van der Waals surface area (Å²) in [5, 5.41) is 2.60. The van der Waals surface area contributed by atoms with Crippen molar-refractivity contribution in [3.63, 3.8) is 0 Å². The zero-order valence-electron chi connectivity index (χ0n) is 28.1. The molecule has 3 nitrogen and oxygen atoms in total. The van der Waals surface area contributed by atoms with Crippen molar-refractivity contribution in [3.8, 4) is 50.6 Å². The minimum atomic E-state index is -0.248. The van der Waals surface area contributed by atoms with Gasteiger partial charge in [0.15, 0.2) is 5.82 Å². The van der Waals surface area contributed by atoms with Gasteiger partial charge >= 0.3 is 0 Å². The first-order valence-electron chi connectivity index (χ1n) is 17.2. The van der Waals surface area contributed by atoms with E-state index >= 15 is 0 Å². The van der Waals surface area contributed by atoms with E-state index in [4.69, 9.17) is 9.97 Å². The molecule has 0 saturated carbocycles. The van der Waals surface area contributed by atoms with Crippen LogP contribution in [-0.2, 0) is 10.8 Å². The minimum Gasteiger partial charge on any atom is -0.309 e. The average Bonchev–Trinajstić information content (AvgIpc) is 3.69. The van der Waals surface area contributed by atoms with Crippen LogP contribution in [0.1, 0.15) is 50.1 Å². The summed E-state index contributed by atoms with van der Waals surface area (Å²) in [6.45, 7) is 9.29. The zero-order chi connectivity index (χ0) is 33.1. The highest BCUT2D eigenvalue weighted by Crippen LogP contribution is 2.54. The molecule has 2 heterocycles. The van der Waals surface area contributed by atoms with Crippen LogP contribution in [0.5, 0.6) is 0 Å². The van der Waals surface area contributed by atoms with Gasteiger partial charge in [-0.3, -0.25) is 0 Å². The third-order valence-electron chi connectivity index (χ3n) is 11.2. The largest absolute Gasteiger partial charge is 0.309 e. The highest BCUT2D eigenvalue weighted by atomic mass is 15.0. The number of aromatic nitrogens is 3. The highest BCUT2D eigenvalue weighted by molar-refractivity contribution is 6.18. The average molecular weight is 630 g/mol. The summed E-state index contributed by atoms with van der Waals surface area (Å²) in [7, 11) is 0. The highest BCUT2D eigenvalue weighted by Gasteiger charge is 2.40. The molecule has 0 amide bonds. The molecule has 8 aromatic rings. The molecule has 0 N–H and O–H groups in total. The van der Waals surface area contributed by atoms with Crippen LogP contribution in [0.2, 0.25) is 0 Å². The molecule has 0 aliphatic heterocycles. The number of rotatable bonds is 3. The van der Waals surface area contributed by atoms with Crippen LogP contribution in [0.3, 0.4) is 0 Å². The lowest BCUT2D eigenvalue weighted by Crippen LogP contribution is -2.17. The Morgan fingerprint density at radius 2 is 1.14 bits per heavy atom. The van der Waals surface area contributed by atoms with Crippen LogP contribution in [0.15, 0.2) is 140 Å². The van der Waals surface area contributed by atoms with Gasteiger partial charge in [-0.15, -0.1) is 0 Å². The summed E-state index contributed by atoms with van der Waals surface area (Å²) in [5.74, 6) is 0.759. The molecule has 0 saturated heterocycles. The molecule has 49 heavy (non-hydrogen) atoms. The maximum Gasteiger partial charge on any atom is 0.160 e. The van der Waals surface area contributed by atoms with E-state index in [0.717, 1.165) is 39.6 Å². The van der Waals surface area contributed by atoms with Crippen LogP contribution in [0.25, 0.3) is 72.4 Å². The summed E-state index contributed by atoms with van der Waals surface area (Å²) >= 11 is 0. The number of hydrogen-bond acceptors (Lipinski definition) is 2. The molecule has 234 valence electrons. The normalized spacial score (nSPS) is 14.9. The van der Waals surface area contributed by atoms with E-state index in [9.17, 15) is 0 Å². The Morgan fingerprint density at radius 3 is 1.94 bits per heavy atom. The standard InChI is InChI=1S/C46H35N3/c1-45(2)34-22-11-8-19-31(34)39-36(45)25-26-38-40(39)33-21-10-13-24-37(33)49(38)30-18-14-17-29(27-30)42-41-32-20-9-12-23-35(32)46(3,4)43(41)48-44(47-42)28-15-6-5-7-16-28/h5-27H,1-4H3. The molecular weight excluding hydrogens is 595 g/mol. The van der Waals surface area contributed by atoms with Crippen molar-refractivity contribution in [2.24, 2.45) is 0 Å². The first-order valence-corrected chi connectivity index (χ1v) is 17.2. The van der Waals surface area contributed by atoms with Gasteiger partial charge < -0.3 is 4.57 Å². The van der Waals surface area contributed by atoms with E-state index in [1.165, 1.54) is 55.2 Å². The number of benzene rings is 6. The third-order valence-corrected chi connectivity index (χ3v) is 11.2. The van der Waals surface area contributed by atoms with Crippen LogP contribution in [0, 0.1) is 0 Å². The smallest absolute Gasteiger partial charge is 0.160 e. The Kier molecular flexibility index (Phi) is 5.69. The Hall–Kier alpha value is -5.80. The van der Waals surface area contributed by atoms with E-state index in [2.05, 4.69) is 166 Å². The molecule has 0 fully saturated rings. The summed E-state index contributed by atoms with van der Waals surface area (Å²) in [6, 6.07) is 50.6. The molecule has 0 unspecified atom stereocenters. The molecule has 2 aliphatic rings. The van der Waals surface area contributed by atoms with Crippen molar-refractivity contribution in [2.75, 3.05) is 0 Å².